The lowest BCUT2D eigenvalue weighted by atomic mass is 10.1. The normalized spacial score (nSPS) is 12.3. The van der Waals surface area contributed by atoms with Gasteiger partial charge in [-0.05, 0) is 25.1 Å². The van der Waals surface area contributed by atoms with Crippen molar-refractivity contribution in [3.05, 3.63) is 47.9 Å². The van der Waals surface area contributed by atoms with Crippen molar-refractivity contribution in [2.45, 2.75) is 13.0 Å². The molecule has 1 aromatic carbocycles. The second-order valence-corrected chi connectivity index (χ2v) is 5.62. The number of fused-ring (bicyclic) bond motifs is 1. The van der Waals surface area contributed by atoms with Crippen LogP contribution in [0.15, 0.2) is 36.7 Å². The van der Waals surface area contributed by atoms with E-state index in [1.807, 2.05) is 56.0 Å². The fraction of sp³-hybridized carbons (Fsp3) is 0.294. The molecule has 0 saturated heterocycles. The summed E-state index contributed by atoms with van der Waals surface area (Å²) in [5.74, 6) is 0.542. The Hall–Kier alpha value is -2.76. The van der Waals surface area contributed by atoms with Crippen LogP contribution in [0.5, 0.6) is 5.75 Å². The number of nitrogens with one attached hydrogen (secondary N) is 1. The number of hydrogen-bond acceptors (Lipinski definition) is 3. The van der Waals surface area contributed by atoms with Gasteiger partial charge >= 0.3 is 0 Å². The van der Waals surface area contributed by atoms with Gasteiger partial charge < -0.3 is 14.6 Å². The average Bonchev–Trinajstić information content (AvgIpc) is 3.10. The van der Waals surface area contributed by atoms with Crippen molar-refractivity contribution >= 4 is 16.8 Å². The summed E-state index contributed by atoms with van der Waals surface area (Å²) in [5, 5.41) is 8.30. The number of aryl methyl sites for hydroxylation is 2. The SMILES string of the molecule is COc1cn(C)nc1C(C)NC(=O)c1cccc2c1ccn2C. The molecule has 23 heavy (non-hydrogen) atoms. The van der Waals surface area contributed by atoms with Gasteiger partial charge in [-0.2, -0.15) is 5.10 Å². The monoisotopic (exact) mass is 312 g/mol. The maximum Gasteiger partial charge on any atom is 0.252 e. The first-order valence-corrected chi connectivity index (χ1v) is 7.43. The minimum atomic E-state index is -0.252. The zero-order valence-electron chi connectivity index (χ0n) is 13.7. The molecule has 0 aliphatic rings. The zero-order valence-corrected chi connectivity index (χ0v) is 13.7. The van der Waals surface area contributed by atoms with Gasteiger partial charge in [0.15, 0.2) is 5.75 Å². The van der Waals surface area contributed by atoms with Gasteiger partial charge in [0, 0.05) is 36.8 Å². The molecular formula is C17H20N4O2. The Morgan fingerprint density at radius 2 is 2.09 bits per heavy atom. The van der Waals surface area contributed by atoms with Gasteiger partial charge in [-0.15, -0.1) is 0 Å². The fourth-order valence-electron chi connectivity index (χ4n) is 2.78. The van der Waals surface area contributed by atoms with E-state index in [2.05, 4.69) is 10.4 Å². The molecule has 3 rings (SSSR count). The second kappa shape index (κ2) is 5.79. The molecule has 1 atom stereocenters. The quantitative estimate of drug-likeness (QED) is 0.805. The van der Waals surface area contributed by atoms with Crippen molar-refractivity contribution in [2.75, 3.05) is 7.11 Å². The van der Waals surface area contributed by atoms with E-state index in [1.165, 1.54) is 0 Å². The number of nitrogens with zero attached hydrogens (tertiary/aromatic N) is 3. The minimum Gasteiger partial charge on any atom is -0.493 e. The molecule has 0 fully saturated rings. The summed E-state index contributed by atoms with van der Waals surface area (Å²) >= 11 is 0. The Balaban J connectivity index is 1.88. The van der Waals surface area contributed by atoms with E-state index in [1.54, 1.807) is 18.0 Å². The molecular weight excluding hydrogens is 292 g/mol. The number of methoxy groups -OCH3 is 1. The highest BCUT2D eigenvalue weighted by Gasteiger charge is 2.20. The summed E-state index contributed by atoms with van der Waals surface area (Å²) < 4.78 is 8.98. The predicted octanol–water partition coefficient (Wildman–Crippen LogP) is 2.41. The molecule has 0 bridgehead atoms. The van der Waals surface area contributed by atoms with E-state index < -0.39 is 0 Å². The van der Waals surface area contributed by atoms with Crippen LogP contribution in [0.2, 0.25) is 0 Å². The van der Waals surface area contributed by atoms with Crippen LogP contribution >= 0.6 is 0 Å². The smallest absolute Gasteiger partial charge is 0.252 e. The number of ether oxygens (including phenoxy) is 1. The van der Waals surface area contributed by atoms with Gasteiger partial charge in [0.25, 0.3) is 5.91 Å². The molecule has 0 aliphatic carbocycles. The molecule has 0 radical (unpaired) electrons. The lowest BCUT2D eigenvalue weighted by Gasteiger charge is -2.13. The molecule has 6 nitrogen and oxygen atoms in total. The van der Waals surface area contributed by atoms with E-state index in [-0.39, 0.29) is 11.9 Å². The highest BCUT2D eigenvalue weighted by Crippen LogP contribution is 2.24. The van der Waals surface area contributed by atoms with E-state index in [0.717, 1.165) is 10.9 Å². The number of benzene rings is 1. The van der Waals surface area contributed by atoms with Crippen LogP contribution in [0, 0.1) is 0 Å². The maximum absolute atomic E-state index is 12.7. The molecule has 0 saturated carbocycles. The highest BCUT2D eigenvalue weighted by molar-refractivity contribution is 6.06. The van der Waals surface area contributed by atoms with Gasteiger partial charge in [-0.3, -0.25) is 9.48 Å². The van der Waals surface area contributed by atoms with Crippen LogP contribution in [0.3, 0.4) is 0 Å². The van der Waals surface area contributed by atoms with Crippen LogP contribution in [-0.4, -0.2) is 27.4 Å². The van der Waals surface area contributed by atoms with Crippen molar-refractivity contribution in [1.82, 2.24) is 19.7 Å². The number of amides is 1. The van der Waals surface area contributed by atoms with Crippen molar-refractivity contribution in [1.29, 1.82) is 0 Å². The first kappa shape index (κ1) is 15.1. The first-order chi connectivity index (χ1) is 11.0. The Bertz CT molecular complexity index is 863. The van der Waals surface area contributed by atoms with Crippen LogP contribution in [0.4, 0.5) is 0 Å². The minimum absolute atomic E-state index is 0.123. The van der Waals surface area contributed by atoms with E-state index in [0.29, 0.717) is 17.0 Å². The van der Waals surface area contributed by atoms with Crippen LogP contribution in [-0.2, 0) is 14.1 Å². The van der Waals surface area contributed by atoms with Crippen molar-refractivity contribution in [3.8, 4) is 5.75 Å². The largest absolute Gasteiger partial charge is 0.493 e. The fourth-order valence-corrected chi connectivity index (χ4v) is 2.78. The maximum atomic E-state index is 12.7. The standard InChI is InChI=1S/C17H20N4O2/c1-11(16-15(23-4)10-21(3)19-16)18-17(22)13-6-5-7-14-12(13)8-9-20(14)2/h5-11H,1-4H3,(H,18,22). The summed E-state index contributed by atoms with van der Waals surface area (Å²) in [6, 6.07) is 7.43. The third-order valence-electron chi connectivity index (χ3n) is 3.97. The molecule has 1 amide bonds. The third kappa shape index (κ3) is 2.67. The van der Waals surface area contributed by atoms with Crippen LogP contribution in [0.1, 0.15) is 29.0 Å². The zero-order chi connectivity index (χ0) is 16.6. The number of carbonyl (C=O) groups excluding carboxylic acids is 1. The number of hydrogen-bond donors (Lipinski definition) is 1. The Morgan fingerprint density at radius 3 is 2.83 bits per heavy atom. The van der Waals surface area contributed by atoms with E-state index in [4.69, 9.17) is 4.74 Å². The second-order valence-electron chi connectivity index (χ2n) is 5.62. The number of carbonyl (C=O) groups is 1. The van der Waals surface area contributed by atoms with Crippen molar-refractivity contribution < 1.29 is 9.53 Å². The van der Waals surface area contributed by atoms with Crippen LogP contribution < -0.4 is 10.1 Å². The van der Waals surface area contributed by atoms with Crippen LogP contribution in [0.25, 0.3) is 10.9 Å². The topological polar surface area (TPSA) is 61.1 Å². The molecule has 3 aromatic rings. The number of rotatable bonds is 4. The number of aromatic nitrogens is 3. The van der Waals surface area contributed by atoms with Gasteiger partial charge in [-0.25, -0.2) is 0 Å². The summed E-state index contributed by atoms with van der Waals surface area (Å²) in [7, 11) is 5.39. The summed E-state index contributed by atoms with van der Waals surface area (Å²) in [5.41, 5.74) is 2.40. The van der Waals surface area contributed by atoms with Gasteiger partial charge in [0.05, 0.1) is 19.3 Å². The van der Waals surface area contributed by atoms with Gasteiger partial charge in [0.1, 0.15) is 5.69 Å². The van der Waals surface area contributed by atoms with Gasteiger partial charge in [0.2, 0.25) is 0 Å². The third-order valence-corrected chi connectivity index (χ3v) is 3.97. The average molecular weight is 312 g/mol. The summed E-state index contributed by atoms with van der Waals surface area (Å²) in [6.07, 6.45) is 3.74. The van der Waals surface area contributed by atoms with Gasteiger partial charge in [-0.1, -0.05) is 6.07 Å². The lowest BCUT2D eigenvalue weighted by Crippen LogP contribution is -2.27. The molecule has 2 heterocycles. The molecule has 0 aliphatic heterocycles. The molecule has 1 N–H and O–H groups in total. The van der Waals surface area contributed by atoms with Crippen molar-refractivity contribution in [2.24, 2.45) is 14.1 Å². The summed E-state index contributed by atoms with van der Waals surface area (Å²) in [6.45, 7) is 1.90. The molecule has 2 aromatic heterocycles. The lowest BCUT2D eigenvalue weighted by molar-refractivity contribution is 0.0940. The Morgan fingerprint density at radius 1 is 1.30 bits per heavy atom. The molecule has 6 heteroatoms. The Labute approximate surface area is 134 Å². The van der Waals surface area contributed by atoms with E-state index in [9.17, 15) is 4.79 Å². The molecule has 1 unspecified atom stereocenters. The summed E-state index contributed by atoms with van der Waals surface area (Å²) in [4.78, 5) is 12.7. The molecule has 120 valence electrons. The molecule has 0 spiro atoms. The van der Waals surface area contributed by atoms with Crippen molar-refractivity contribution in [3.63, 3.8) is 0 Å². The Kier molecular flexibility index (Phi) is 3.82. The first-order valence-electron chi connectivity index (χ1n) is 7.43. The van der Waals surface area contributed by atoms with E-state index >= 15 is 0 Å². The highest BCUT2D eigenvalue weighted by atomic mass is 16.5. The predicted molar refractivity (Wildman–Crippen MR) is 88.6 cm³/mol.